The number of hydrogen-bond donors (Lipinski definition) is 2. The average molecular weight is 383 g/mol. The van der Waals surface area contributed by atoms with Gasteiger partial charge in [-0.3, -0.25) is 4.79 Å². The lowest BCUT2D eigenvalue weighted by Gasteiger charge is -2.05. The number of carbonyl (C=O) groups is 1. The predicted octanol–water partition coefficient (Wildman–Crippen LogP) is 4.80. The van der Waals surface area contributed by atoms with E-state index in [0.29, 0.717) is 10.7 Å². The molecule has 0 fully saturated rings. The van der Waals surface area contributed by atoms with Crippen LogP contribution in [0.2, 0.25) is 5.02 Å². The predicted molar refractivity (Wildman–Crippen MR) is 107 cm³/mol. The second kappa shape index (κ2) is 6.97. The Kier molecular flexibility index (Phi) is 4.53. The normalized spacial score (nSPS) is 11.2. The average Bonchev–Trinajstić information content (AvgIpc) is 3.00. The molecule has 2 heterocycles. The summed E-state index contributed by atoms with van der Waals surface area (Å²) in [5.41, 5.74) is 4.64. The van der Waals surface area contributed by atoms with Crippen molar-refractivity contribution in [1.82, 2.24) is 15.0 Å². The van der Waals surface area contributed by atoms with Gasteiger partial charge in [0.15, 0.2) is 0 Å². The maximum absolute atomic E-state index is 12.2. The molecule has 2 aromatic carbocycles. The minimum atomic E-state index is -0.101. The van der Waals surface area contributed by atoms with Gasteiger partial charge in [0.05, 0.1) is 11.3 Å². The molecule has 4 aromatic rings. The maximum atomic E-state index is 12.2. The summed E-state index contributed by atoms with van der Waals surface area (Å²) in [5, 5.41) is 5.31. The molecule has 1 amide bonds. The van der Waals surface area contributed by atoms with Crippen LogP contribution in [0, 0.1) is 6.92 Å². The number of hydrogen-bond acceptors (Lipinski definition) is 4. The molecule has 26 heavy (non-hydrogen) atoms. The Morgan fingerprint density at radius 1 is 1.19 bits per heavy atom. The SMILES string of the molecule is Cc1ccc2[nH]c3c(SCC(=O)Nc4ccc(Cl)cc4)ncnc3c2c1. The van der Waals surface area contributed by atoms with Gasteiger partial charge in [0.25, 0.3) is 0 Å². The number of thioether (sulfide) groups is 1. The number of fused-ring (bicyclic) bond motifs is 3. The van der Waals surface area contributed by atoms with Crippen LogP contribution in [0.4, 0.5) is 5.69 Å². The number of aromatic nitrogens is 3. The fourth-order valence-electron chi connectivity index (χ4n) is 2.76. The molecule has 0 saturated carbocycles. The van der Waals surface area contributed by atoms with Gasteiger partial charge in [-0.2, -0.15) is 0 Å². The molecule has 0 aliphatic carbocycles. The lowest BCUT2D eigenvalue weighted by molar-refractivity contribution is -0.113. The smallest absolute Gasteiger partial charge is 0.234 e. The van der Waals surface area contributed by atoms with Crippen molar-refractivity contribution in [3.8, 4) is 0 Å². The van der Waals surface area contributed by atoms with E-state index in [1.54, 1.807) is 24.3 Å². The standard InChI is InChI=1S/C19H15ClN4OS/c1-11-2-7-15-14(8-11)17-18(24-15)19(22-10-21-17)26-9-16(25)23-13-5-3-12(20)4-6-13/h2-8,10,24H,9H2,1H3,(H,23,25). The Morgan fingerprint density at radius 2 is 2.00 bits per heavy atom. The summed E-state index contributed by atoms with van der Waals surface area (Å²) in [6.45, 7) is 2.05. The largest absolute Gasteiger partial charge is 0.351 e. The van der Waals surface area contributed by atoms with Gasteiger partial charge >= 0.3 is 0 Å². The lowest BCUT2D eigenvalue weighted by atomic mass is 10.2. The van der Waals surface area contributed by atoms with Crippen LogP contribution >= 0.6 is 23.4 Å². The van der Waals surface area contributed by atoms with Crippen LogP contribution in [0.25, 0.3) is 21.9 Å². The molecule has 2 aromatic heterocycles. The van der Waals surface area contributed by atoms with Gasteiger partial charge < -0.3 is 10.3 Å². The molecule has 0 atom stereocenters. The van der Waals surface area contributed by atoms with E-state index in [1.165, 1.54) is 23.7 Å². The van der Waals surface area contributed by atoms with Crippen LogP contribution in [-0.4, -0.2) is 26.6 Å². The molecule has 4 rings (SSSR count). The summed E-state index contributed by atoms with van der Waals surface area (Å²) < 4.78 is 0. The second-order valence-electron chi connectivity index (χ2n) is 5.92. The first-order chi connectivity index (χ1) is 12.6. The highest BCUT2D eigenvalue weighted by atomic mass is 35.5. The Balaban J connectivity index is 1.54. The van der Waals surface area contributed by atoms with Crippen LogP contribution in [0.5, 0.6) is 0 Å². The molecule has 0 unspecified atom stereocenters. The molecule has 2 N–H and O–H groups in total. The molecule has 7 heteroatoms. The molecule has 0 aliphatic heterocycles. The van der Waals surface area contributed by atoms with Crippen LogP contribution in [0.1, 0.15) is 5.56 Å². The zero-order valence-electron chi connectivity index (χ0n) is 13.9. The van der Waals surface area contributed by atoms with Gasteiger partial charge in [0.2, 0.25) is 5.91 Å². The third kappa shape index (κ3) is 3.38. The van der Waals surface area contributed by atoms with Crippen molar-refractivity contribution in [2.75, 3.05) is 11.1 Å². The van der Waals surface area contributed by atoms with Crippen molar-refractivity contribution in [3.63, 3.8) is 0 Å². The highest BCUT2D eigenvalue weighted by Gasteiger charge is 2.13. The summed E-state index contributed by atoms with van der Waals surface area (Å²) in [6.07, 6.45) is 1.54. The second-order valence-corrected chi connectivity index (χ2v) is 7.32. The minimum Gasteiger partial charge on any atom is -0.351 e. The summed E-state index contributed by atoms with van der Waals surface area (Å²) in [7, 11) is 0. The van der Waals surface area contributed by atoms with E-state index < -0.39 is 0 Å². The van der Waals surface area contributed by atoms with Gasteiger partial charge in [-0.1, -0.05) is 35.0 Å². The van der Waals surface area contributed by atoms with Crippen LogP contribution < -0.4 is 5.32 Å². The number of benzene rings is 2. The summed E-state index contributed by atoms with van der Waals surface area (Å²) >= 11 is 7.23. The first-order valence-electron chi connectivity index (χ1n) is 8.01. The number of amides is 1. The number of anilines is 1. The summed E-state index contributed by atoms with van der Waals surface area (Å²) in [5.74, 6) is 0.152. The van der Waals surface area contributed by atoms with Gasteiger partial charge in [-0.25, -0.2) is 9.97 Å². The fourth-order valence-corrected chi connectivity index (χ4v) is 3.64. The molecule has 0 saturated heterocycles. The van der Waals surface area contributed by atoms with Crippen molar-refractivity contribution in [1.29, 1.82) is 0 Å². The minimum absolute atomic E-state index is 0.101. The number of nitrogens with one attached hydrogen (secondary N) is 2. The molecule has 0 aliphatic rings. The number of aryl methyl sites for hydroxylation is 1. The monoisotopic (exact) mass is 382 g/mol. The van der Waals surface area contributed by atoms with Gasteiger partial charge in [0, 0.05) is 21.6 Å². The number of carbonyl (C=O) groups excluding carboxylic acids is 1. The first kappa shape index (κ1) is 16.9. The Hall–Kier alpha value is -2.57. The highest BCUT2D eigenvalue weighted by molar-refractivity contribution is 8.00. The van der Waals surface area contributed by atoms with E-state index in [-0.39, 0.29) is 11.7 Å². The van der Waals surface area contributed by atoms with Crippen molar-refractivity contribution >= 4 is 56.9 Å². The number of aromatic amines is 1. The van der Waals surface area contributed by atoms with Crippen molar-refractivity contribution in [3.05, 3.63) is 59.4 Å². The molecule has 130 valence electrons. The van der Waals surface area contributed by atoms with E-state index in [0.717, 1.165) is 27.0 Å². The number of nitrogens with zero attached hydrogens (tertiary/aromatic N) is 2. The van der Waals surface area contributed by atoms with E-state index in [1.807, 2.05) is 6.07 Å². The van der Waals surface area contributed by atoms with Crippen molar-refractivity contribution < 1.29 is 4.79 Å². The van der Waals surface area contributed by atoms with Crippen LogP contribution in [-0.2, 0) is 4.79 Å². The quantitative estimate of drug-likeness (QED) is 0.392. The zero-order valence-corrected chi connectivity index (χ0v) is 15.5. The lowest BCUT2D eigenvalue weighted by Crippen LogP contribution is -2.14. The van der Waals surface area contributed by atoms with Gasteiger partial charge in [0.1, 0.15) is 16.9 Å². The molecular weight excluding hydrogens is 368 g/mol. The van der Waals surface area contributed by atoms with Gasteiger partial charge in [-0.05, 0) is 43.3 Å². The van der Waals surface area contributed by atoms with Crippen LogP contribution in [0.15, 0.2) is 53.8 Å². The number of halogens is 1. The zero-order chi connectivity index (χ0) is 18.1. The number of H-pyrrole nitrogens is 1. The third-order valence-electron chi connectivity index (χ3n) is 3.97. The topological polar surface area (TPSA) is 70.7 Å². The number of rotatable bonds is 4. The van der Waals surface area contributed by atoms with E-state index >= 15 is 0 Å². The van der Waals surface area contributed by atoms with E-state index in [9.17, 15) is 4.79 Å². The summed E-state index contributed by atoms with van der Waals surface area (Å²) in [4.78, 5) is 24.3. The highest BCUT2D eigenvalue weighted by Crippen LogP contribution is 2.30. The Bertz CT molecular complexity index is 1110. The van der Waals surface area contributed by atoms with E-state index in [2.05, 4.69) is 39.3 Å². The van der Waals surface area contributed by atoms with E-state index in [4.69, 9.17) is 11.6 Å². The van der Waals surface area contributed by atoms with Gasteiger partial charge in [-0.15, -0.1) is 0 Å². The molecule has 0 spiro atoms. The first-order valence-corrected chi connectivity index (χ1v) is 9.38. The van der Waals surface area contributed by atoms with Crippen LogP contribution in [0.3, 0.4) is 0 Å². The molecular formula is C19H15ClN4OS. The molecule has 0 bridgehead atoms. The fraction of sp³-hybridized carbons (Fsp3) is 0.105. The Morgan fingerprint density at radius 3 is 2.81 bits per heavy atom. The van der Waals surface area contributed by atoms with Crippen molar-refractivity contribution in [2.45, 2.75) is 11.9 Å². The molecule has 5 nitrogen and oxygen atoms in total. The summed E-state index contributed by atoms with van der Waals surface area (Å²) in [6, 6.07) is 13.2. The maximum Gasteiger partial charge on any atom is 0.234 e. The third-order valence-corrected chi connectivity index (χ3v) is 5.21. The Labute approximate surface area is 159 Å². The van der Waals surface area contributed by atoms with Crippen molar-refractivity contribution in [2.24, 2.45) is 0 Å². The molecule has 0 radical (unpaired) electrons.